The third-order valence-electron chi connectivity index (χ3n) is 3.44. The van der Waals surface area contributed by atoms with Crippen LogP contribution in [-0.4, -0.2) is 16.1 Å². The van der Waals surface area contributed by atoms with E-state index in [0.29, 0.717) is 5.92 Å². The Balaban J connectivity index is 1.85. The Labute approximate surface area is 84.3 Å². The molecule has 1 aliphatic carbocycles. The second kappa shape index (κ2) is 3.09. The number of nitrogens with two attached hydrogens (primary N) is 1. The largest absolute Gasteiger partial charge is 0.334 e. The summed E-state index contributed by atoms with van der Waals surface area (Å²) in [6.45, 7) is 1.90. The molecule has 3 nitrogen and oxygen atoms in total. The molecule has 0 bridgehead atoms. The van der Waals surface area contributed by atoms with Crippen molar-refractivity contribution in [1.82, 2.24) is 9.55 Å². The zero-order chi connectivity index (χ0) is 9.54. The molecule has 1 saturated carbocycles. The lowest BCUT2D eigenvalue weighted by atomic mass is 10.00. The number of rotatable bonds is 2. The van der Waals surface area contributed by atoms with E-state index in [9.17, 15) is 0 Å². The predicted molar refractivity (Wildman–Crippen MR) is 55.1 cm³/mol. The van der Waals surface area contributed by atoms with Crippen LogP contribution in [0.2, 0.25) is 0 Å². The highest BCUT2D eigenvalue weighted by Crippen LogP contribution is 2.39. The van der Waals surface area contributed by atoms with E-state index < -0.39 is 0 Å². The van der Waals surface area contributed by atoms with Gasteiger partial charge in [0.25, 0.3) is 0 Å². The van der Waals surface area contributed by atoms with E-state index in [0.717, 1.165) is 25.4 Å². The molecular weight excluding hydrogens is 174 g/mol. The second-order valence-corrected chi connectivity index (χ2v) is 4.65. The second-order valence-electron chi connectivity index (χ2n) is 4.65. The molecule has 1 atom stereocenters. The van der Waals surface area contributed by atoms with Crippen LogP contribution in [-0.2, 0) is 13.0 Å². The standard InChI is InChI=1S/C11H17N3/c12-5-8-1-4-11-13-10(9-2-3-9)7-14(11)6-8/h7-9H,1-6,12H2. The Morgan fingerprint density at radius 2 is 2.29 bits per heavy atom. The fraction of sp³-hybridized carbons (Fsp3) is 0.727. The molecule has 0 aromatic carbocycles. The molecule has 2 aliphatic rings. The highest BCUT2D eigenvalue weighted by atomic mass is 15.1. The first-order chi connectivity index (χ1) is 6.86. The van der Waals surface area contributed by atoms with Crippen LogP contribution in [0.3, 0.4) is 0 Å². The van der Waals surface area contributed by atoms with Crippen molar-refractivity contribution in [3.8, 4) is 0 Å². The van der Waals surface area contributed by atoms with E-state index in [4.69, 9.17) is 10.7 Å². The fourth-order valence-corrected chi connectivity index (χ4v) is 2.30. The van der Waals surface area contributed by atoms with Crippen LogP contribution in [0.1, 0.15) is 36.7 Å². The summed E-state index contributed by atoms with van der Waals surface area (Å²) in [4.78, 5) is 4.70. The lowest BCUT2D eigenvalue weighted by Gasteiger charge is -2.21. The van der Waals surface area contributed by atoms with Gasteiger partial charge in [-0.2, -0.15) is 0 Å². The maximum absolute atomic E-state index is 5.71. The van der Waals surface area contributed by atoms with Gasteiger partial charge in [-0.1, -0.05) is 0 Å². The van der Waals surface area contributed by atoms with Crippen molar-refractivity contribution < 1.29 is 0 Å². The lowest BCUT2D eigenvalue weighted by Crippen LogP contribution is -2.25. The number of nitrogens with zero attached hydrogens (tertiary/aromatic N) is 2. The fourth-order valence-electron chi connectivity index (χ4n) is 2.30. The van der Waals surface area contributed by atoms with Crippen molar-refractivity contribution in [2.45, 2.75) is 38.1 Å². The zero-order valence-corrected chi connectivity index (χ0v) is 8.45. The number of imidazole rings is 1. The van der Waals surface area contributed by atoms with Crippen LogP contribution < -0.4 is 5.73 Å². The van der Waals surface area contributed by atoms with E-state index in [1.807, 2.05) is 0 Å². The summed E-state index contributed by atoms with van der Waals surface area (Å²) in [5, 5.41) is 0. The Kier molecular flexibility index (Phi) is 1.87. The quantitative estimate of drug-likeness (QED) is 0.765. The molecule has 2 N–H and O–H groups in total. The van der Waals surface area contributed by atoms with Crippen LogP contribution in [0, 0.1) is 5.92 Å². The molecule has 0 saturated heterocycles. The van der Waals surface area contributed by atoms with Gasteiger partial charge in [-0.05, 0) is 31.7 Å². The summed E-state index contributed by atoms with van der Waals surface area (Å²) in [5.74, 6) is 2.74. The van der Waals surface area contributed by atoms with Gasteiger partial charge >= 0.3 is 0 Å². The number of hydrogen-bond donors (Lipinski definition) is 1. The summed E-state index contributed by atoms with van der Waals surface area (Å²) in [7, 11) is 0. The summed E-state index contributed by atoms with van der Waals surface area (Å²) < 4.78 is 2.33. The van der Waals surface area contributed by atoms with Crippen LogP contribution >= 0.6 is 0 Å². The minimum atomic E-state index is 0.670. The molecule has 3 rings (SSSR count). The molecule has 1 aromatic heterocycles. The summed E-state index contributed by atoms with van der Waals surface area (Å²) >= 11 is 0. The van der Waals surface area contributed by atoms with Crippen molar-refractivity contribution in [1.29, 1.82) is 0 Å². The zero-order valence-electron chi connectivity index (χ0n) is 8.45. The lowest BCUT2D eigenvalue weighted by molar-refractivity contribution is 0.373. The Morgan fingerprint density at radius 1 is 1.43 bits per heavy atom. The molecule has 2 heterocycles. The molecule has 14 heavy (non-hydrogen) atoms. The van der Waals surface area contributed by atoms with Gasteiger partial charge in [-0.15, -0.1) is 0 Å². The van der Waals surface area contributed by atoms with Crippen molar-refractivity contribution >= 4 is 0 Å². The van der Waals surface area contributed by atoms with Crippen molar-refractivity contribution in [3.05, 3.63) is 17.7 Å². The number of hydrogen-bond acceptors (Lipinski definition) is 2. The van der Waals surface area contributed by atoms with Crippen LogP contribution in [0.15, 0.2) is 6.20 Å². The first-order valence-electron chi connectivity index (χ1n) is 5.63. The van der Waals surface area contributed by atoms with E-state index in [2.05, 4.69) is 10.8 Å². The van der Waals surface area contributed by atoms with Gasteiger partial charge in [0.05, 0.1) is 5.69 Å². The first kappa shape index (κ1) is 8.48. The van der Waals surface area contributed by atoms with Crippen LogP contribution in [0.4, 0.5) is 0 Å². The third kappa shape index (κ3) is 1.36. The van der Waals surface area contributed by atoms with Gasteiger partial charge in [-0.25, -0.2) is 4.98 Å². The van der Waals surface area contributed by atoms with Crippen LogP contribution in [0.25, 0.3) is 0 Å². The Morgan fingerprint density at radius 3 is 3.00 bits per heavy atom. The molecule has 1 aromatic rings. The van der Waals surface area contributed by atoms with E-state index in [-0.39, 0.29) is 0 Å². The first-order valence-corrected chi connectivity index (χ1v) is 5.63. The average Bonchev–Trinajstić information content (AvgIpc) is 2.97. The van der Waals surface area contributed by atoms with Gasteiger partial charge in [0, 0.05) is 25.1 Å². The van der Waals surface area contributed by atoms with Crippen LogP contribution in [0.5, 0.6) is 0 Å². The van der Waals surface area contributed by atoms with Gasteiger partial charge < -0.3 is 10.3 Å². The molecule has 1 fully saturated rings. The molecule has 3 heteroatoms. The SMILES string of the molecule is NCC1CCc2nc(C3CC3)cn2C1. The summed E-state index contributed by atoms with van der Waals surface area (Å²) in [6, 6.07) is 0. The monoisotopic (exact) mass is 191 g/mol. The molecule has 76 valence electrons. The number of fused-ring (bicyclic) bond motifs is 1. The van der Waals surface area contributed by atoms with Gasteiger partial charge in [0.1, 0.15) is 5.82 Å². The Bertz CT molecular complexity index is 338. The number of aryl methyl sites for hydroxylation is 1. The molecule has 0 radical (unpaired) electrons. The van der Waals surface area contributed by atoms with Gasteiger partial charge in [0.2, 0.25) is 0 Å². The molecule has 0 amide bonds. The van der Waals surface area contributed by atoms with Crippen molar-refractivity contribution in [3.63, 3.8) is 0 Å². The van der Waals surface area contributed by atoms with E-state index >= 15 is 0 Å². The average molecular weight is 191 g/mol. The predicted octanol–water partition coefficient (Wildman–Crippen LogP) is 1.28. The highest BCUT2D eigenvalue weighted by molar-refractivity contribution is 5.16. The smallest absolute Gasteiger partial charge is 0.108 e. The van der Waals surface area contributed by atoms with E-state index in [1.54, 1.807) is 0 Å². The summed E-state index contributed by atoms with van der Waals surface area (Å²) in [5.41, 5.74) is 7.04. The maximum atomic E-state index is 5.71. The van der Waals surface area contributed by atoms with Crippen molar-refractivity contribution in [2.75, 3.05) is 6.54 Å². The molecular formula is C11H17N3. The van der Waals surface area contributed by atoms with E-state index in [1.165, 1.54) is 30.8 Å². The maximum Gasteiger partial charge on any atom is 0.108 e. The Hall–Kier alpha value is -0.830. The highest BCUT2D eigenvalue weighted by Gasteiger charge is 2.28. The molecule has 1 aliphatic heterocycles. The van der Waals surface area contributed by atoms with Gasteiger partial charge in [0.15, 0.2) is 0 Å². The molecule has 0 spiro atoms. The van der Waals surface area contributed by atoms with Gasteiger partial charge in [-0.3, -0.25) is 0 Å². The number of aromatic nitrogens is 2. The van der Waals surface area contributed by atoms with Crippen molar-refractivity contribution in [2.24, 2.45) is 11.7 Å². The third-order valence-corrected chi connectivity index (χ3v) is 3.44. The minimum absolute atomic E-state index is 0.670. The topological polar surface area (TPSA) is 43.8 Å². The normalized spacial score (nSPS) is 26.2. The molecule has 1 unspecified atom stereocenters. The minimum Gasteiger partial charge on any atom is -0.334 e. The summed E-state index contributed by atoms with van der Waals surface area (Å²) in [6.07, 6.45) is 7.29.